The van der Waals surface area contributed by atoms with Crippen LogP contribution in [0.5, 0.6) is 0 Å². The minimum atomic E-state index is 0.319. The van der Waals surface area contributed by atoms with E-state index in [2.05, 4.69) is 41.4 Å². The van der Waals surface area contributed by atoms with Crippen molar-refractivity contribution in [1.29, 1.82) is 0 Å². The van der Waals surface area contributed by atoms with Crippen molar-refractivity contribution in [2.45, 2.75) is 76.5 Å². The van der Waals surface area contributed by atoms with Gasteiger partial charge in [0.15, 0.2) is 0 Å². The van der Waals surface area contributed by atoms with Crippen LogP contribution in [0.3, 0.4) is 0 Å². The Morgan fingerprint density at radius 1 is 1.09 bits per heavy atom. The van der Waals surface area contributed by atoms with Gasteiger partial charge in [-0.3, -0.25) is 9.69 Å². The maximum absolute atomic E-state index is 12.1. The number of rotatable bonds is 4. The molecule has 3 fully saturated rings. The van der Waals surface area contributed by atoms with Crippen LogP contribution in [0, 0.1) is 12.8 Å². The van der Waals surface area contributed by atoms with Crippen molar-refractivity contribution >= 4 is 5.91 Å². The Kier molecular flexibility index (Phi) is 4.14. The lowest BCUT2D eigenvalue weighted by Crippen LogP contribution is -2.56. The quantitative estimate of drug-likeness (QED) is 0.924. The molecule has 2 bridgehead atoms. The molecule has 3 heteroatoms. The summed E-state index contributed by atoms with van der Waals surface area (Å²) in [6.45, 7) is 3.21. The van der Waals surface area contributed by atoms with E-state index in [1.165, 1.54) is 30.4 Å². The van der Waals surface area contributed by atoms with Gasteiger partial charge in [-0.1, -0.05) is 36.2 Å². The van der Waals surface area contributed by atoms with E-state index in [0.29, 0.717) is 30.0 Å². The van der Waals surface area contributed by atoms with E-state index in [1.54, 1.807) is 0 Å². The van der Waals surface area contributed by atoms with E-state index in [1.807, 2.05) is 0 Å². The van der Waals surface area contributed by atoms with Gasteiger partial charge in [-0.15, -0.1) is 0 Å². The predicted octanol–water partition coefficient (Wildman–Crippen LogP) is 3.41. The SMILES string of the molecule is Cc1ccc(CN2C3CCCC2CC(NC(=O)C2CC2)C3)cc1. The van der Waals surface area contributed by atoms with Gasteiger partial charge in [0.1, 0.15) is 0 Å². The summed E-state index contributed by atoms with van der Waals surface area (Å²) in [7, 11) is 0. The Morgan fingerprint density at radius 2 is 1.74 bits per heavy atom. The lowest BCUT2D eigenvalue weighted by atomic mass is 9.81. The fourth-order valence-corrected chi connectivity index (χ4v) is 4.42. The van der Waals surface area contributed by atoms with E-state index >= 15 is 0 Å². The Morgan fingerprint density at radius 3 is 2.35 bits per heavy atom. The summed E-state index contributed by atoms with van der Waals surface area (Å²) < 4.78 is 0. The number of aryl methyl sites for hydroxylation is 1. The molecule has 1 aromatic rings. The van der Waals surface area contributed by atoms with Crippen molar-refractivity contribution in [2.24, 2.45) is 5.92 Å². The number of amides is 1. The van der Waals surface area contributed by atoms with Gasteiger partial charge in [0.25, 0.3) is 0 Å². The summed E-state index contributed by atoms with van der Waals surface area (Å²) >= 11 is 0. The van der Waals surface area contributed by atoms with Crippen molar-refractivity contribution in [3.05, 3.63) is 35.4 Å². The molecule has 3 nitrogen and oxygen atoms in total. The lowest BCUT2D eigenvalue weighted by Gasteiger charge is -2.49. The zero-order valence-electron chi connectivity index (χ0n) is 14.1. The molecule has 4 rings (SSSR count). The van der Waals surface area contributed by atoms with E-state index in [9.17, 15) is 4.79 Å². The van der Waals surface area contributed by atoms with Crippen LogP contribution in [0.2, 0.25) is 0 Å². The van der Waals surface area contributed by atoms with Gasteiger partial charge in [0, 0.05) is 30.6 Å². The number of benzene rings is 1. The first-order valence-corrected chi connectivity index (χ1v) is 9.31. The Labute approximate surface area is 139 Å². The largest absolute Gasteiger partial charge is 0.353 e. The summed E-state index contributed by atoms with van der Waals surface area (Å²) in [4.78, 5) is 14.8. The Balaban J connectivity index is 1.41. The highest BCUT2D eigenvalue weighted by atomic mass is 16.2. The molecule has 2 aliphatic heterocycles. The molecule has 1 saturated carbocycles. The molecule has 23 heavy (non-hydrogen) atoms. The predicted molar refractivity (Wildman–Crippen MR) is 92.0 cm³/mol. The molecule has 3 aliphatic rings. The molecule has 1 aromatic carbocycles. The van der Waals surface area contributed by atoms with Crippen LogP contribution in [0.4, 0.5) is 0 Å². The smallest absolute Gasteiger partial charge is 0.223 e. The second-order valence-electron chi connectivity index (χ2n) is 7.85. The van der Waals surface area contributed by atoms with Gasteiger partial charge in [-0.05, 0) is 51.0 Å². The fourth-order valence-electron chi connectivity index (χ4n) is 4.42. The van der Waals surface area contributed by atoms with E-state index in [0.717, 1.165) is 32.2 Å². The summed E-state index contributed by atoms with van der Waals surface area (Å²) in [5.74, 6) is 0.653. The number of fused-ring (bicyclic) bond motifs is 2. The molecule has 2 saturated heterocycles. The van der Waals surface area contributed by atoms with Crippen LogP contribution in [0.25, 0.3) is 0 Å². The number of hydrogen-bond donors (Lipinski definition) is 1. The van der Waals surface area contributed by atoms with E-state index in [4.69, 9.17) is 0 Å². The molecule has 0 radical (unpaired) electrons. The van der Waals surface area contributed by atoms with Gasteiger partial charge < -0.3 is 5.32 Å². The third-order valence-electron chi connectivity index (χ3n) is 5.91. The van der Waals surface area contributed by atoms with Crippen LogP contribution in [-0.2, 0) is 11.3 Å². The maximum atomic E-state index is 12.1. The molecule has 1 amide bonds. The zero-order valence-corrected chi connectivity index (χ0v) is 14.1. The summed E-state index contributed by atoms with van der Waals surface area (Å²) in [6, 6.07) is 10.7. The molecular formula is C20H28N2O. The highest BCUT2D eigenvalue weighted by molar-refractivity contribution is 5.81. The fraction of sp³-hybridized carbons (Fsp3) is 0.650. The summed E-state index contributed by atoms with van der Waals surface area (Å²) in [5, 5.41) is 3.34. The second-order valence-corrected chi connectivity index (χ2v) is 7.85. The minimum Gasteiger partial charge on any atom is -0.353 e. The molecule has 0 spiro atoms. The molecule has 124 valence electrons. The highest BCUT2D eigenvalue weighted by Crippen LogP contribution is 2.36. The molecule has 0 aromatic heterocycles. The molecule has 2 atom stereocenters. The van der Waals surface area contributed by atoms with Crippen LogP contribution in [0.1, 0.15) is 56.1 Å². The van der Waals surface area contributed by atoms with Crippen molar-refractivity contribution in [2.75, 3.05) is 0 Å². The third kappa shape index (κ3) is 3.45. The van der Waals surface area contributed by atoms with Gasteiger partial charge in [0.05, 0.1) is 0 Å². The number of nitrogens with zero attached hydrogens (tertiary/aromatic N) is 1. The first kappa shape index (κ1) is 15.2. The van der Waals surface area contributed by atoms with Gasteiger partial charge in [-0.2, -0.15) is 0 Å². The van der Waals surface area contributed by atoms with Crippen LogP contribution in [0.15, 0.2) is 24.3 Å². The standard InChI is InChI=1S/C20H28N2O/c1-14-5-7-15(8-6-14)13-22-18-3-2-4-19(22)12-17(11-18)21-20(23)16-9-10-16/h5-8,16-19H,2-4,9-13H2,1H3,(H,21,23). The van der Waals surface area contributed by atoms with Crippen molar-refractivity contribution in [3.8, 4) is 0 Å². The normalized spacial score (nSPS) is 30.9. The number of nitrogens with one attached hydrogen (secondary N) is 1. The molecule has 2 unspecified atom stereocenters. The first-order valence-electron chi connectivity index (χ1n) is 9.31. The highest BCUT2D eigenvalue weighted by Gasteiger charge is 2.40. The topological polar surface area (TPSA) is 32.3 Å². The summed E-state index contributed by atoms with van der Waals surface area (Å²) in [5.41, 5.74) is 2.75. The van der Waals surface area contributed by atoms with Crippen LogP contribution in [-0.4, -0.2) is 28.9 Å². The van der Waals surface area contributed by atoms with Crippen LogP contribution >= 0.6 is 0 Å². The number of hydrogen-bond acceptors (Lipinski definition) is 2. The van der Waals surface area contributed by atoms with E-state index < -0.39 is 0 Å². The third-order valence-corrected chi connectivity index (χ3v) is 5.91. The molecule has 2 heterocycles. The number of piperidine rings is 2. The Hall–Kier alpha value is -1.35. The van der Waals surface area contributed by atoms with Gasteiger partial charge in [0.2, 0.25) is 5.91 Å². The van der Waals surface area contributed by atoms with Gasteiger partial charge in [-0.25, -0.2) is 0 Å². The average Bonchev–Trinajstić information content (AvgIpc) is 3.35. The molecule has 1 aliphatic carbocycles. The summed E-state index contributed by atoms with van der Waals surface area (Å²) in [6.07, 6.45) is 8.41. The van der Waals surface area contributed by atoms with Crippen LogP contribution < -0.4 is 5.32 Å². The van der Waals surface area contributed by atoms with Crippen molar-refractivity contribution in [3.63, 3.8) is 0 Å². The second kappa shape index (κ2) is 6.27. The molecule has 1 N–H and O–H groups in total. The van der Waals surface area contributed by atoms with Crippen molar-refractivity contribution in [1.82, 2.24) is 10.2 Å². The minimum absolute atomic E-state index is 0.319. The molecular weight excluding hydrogens is 284 g/mol. The van der Waals surface area contributed by atoms with Gasteiger partial charge >= 0.3 is 0 Å². The lowest BCUT2D eigenvalue weighted by molar-refractivity contribution is -0.124. The Bertz CT molecular complexity index is 550. The number of carbonyl (C=O) groups is 1. The maximum Gasteiger partial charge on any atom is 0.223 e. The van der Waals surface area contributed by atoms with E-state index in [-0.39, 0.29) is 0 Å². The monoisotopic (exact) mass is 312 g/mol. The van der Waals surface area contributed by atoms with Crippen molar-refractivity contribution < 1.29 is 4.79 Å². The zero-order chi connectivity index (χ0) is 15.8. The number of carbonyl (C=O) groups excluding carboxylic acids is 1. The first-order chi connectivity index (χ1) is 11.2. The average molecular weight is 312 g/mol.